The summed E-state index contributed by atoms with van der Waals surface area (Å²) in [6.45, 7) is 0. The van der Waals surface area contributed by atoms with E-state index in [4.69, 9.17) is 8.95 Å². The van der Waals surface area contributed by atoms with Gasteiger partial charge in [-0.3, -0.25) is 0 Å². The third-order valence-corrected chi connectivity index (χ3v) is 3.00. The van der Waals surface area contributed by atoms with Crippen LogP contribution in [-0.4, -0.2) is 20.6 Å². The molecule has 0 N–H and O–H groups in total. The molecule has 1 radical (unpaired) electrons. The average Bonchev–Trinajstić information content (AvgIpc) is 2.90. The molecule has 1 heterocycles. The molecule has 3 rings (SSSR count). The topological polar surface area (TPSA) is 21.5 Å². The number of hydrogen-bond acceptors (Lipinski definition) is 2. The van der Waals surface area contributed by atoms with Gasteiger partial charge in [0.1, 0.15) is 0 Å². The van der Waals surface area contributed by atoms with Crippen molar-refractivity contribution in [3.05, 3.63) is 66.2 Å². The fourth-order valence-corrected chi connectivity index (χ4v) is 2.25. The summed E-state index contributed by atoms with van der Waals surface area (Å²) in [5.74, 6) is 0.745. The Labute approximate surface area is 102 Å². The lowest BCUT2D eigenvalue weighted by Gasteiger charge is -2.01. The summed E-state index contributed by atoms with van der Waals surface area (Å²) < 4.78 is 12.8. The predicted octanol–water partition coefficient (Wildman–Crippen LogP) is 2.27. The van der Waals surface area contributed by atoms with Crippen LogP contribution in [0.5, 0.6) is 0 Å². The summed E-state index contributed by atoms with van der Waals surface area (Å²) in [5.41, 5.74) is 1.98. The van der Waals surface area contributed by atoms with Crippen molar-refractivity contribution in [2.24, 2.45) is 0 Å². The third-order valence-electron chi connectivity index (χ3n) is 2.46. The van der Waals surface area contributed by atoms with Gasteiger partial charge in [0.15, 0.2) is 10.0 Å². The smallest absolute Gasteiger partial charge is 0.376 e. The maximum atomic E-state index is 5.55. The molecule has 0 fully saturated rings. The molecule has 0 unspecified atom stereocenters. The van der Waals surface area contributed by atoms with Gasteiger partial charge in [0.25, 0.3) is 5.69 Å². The predicted molar refractivity (Wildman–Crippen MR) is 64.8 cm³/mol. The van der Waals surface area contributed by atoms with Crippen molar-refractivity contribution in [2.75, 3.05) is 0 Å². The van der Waals surface area contributed by atoms with Crippen molar-refractivity contribution >= 4 is 21.6 Å². The molecule has 2 aromatic rings. The normalized spacial score (nSPS) is 14.4. The summed E-state index contributed by atoms with van der Waals surface area (Å²) in [6, 6.07) is 19.9. The molecule has 0 aromatic heterocycles. The fraction of sp³-hybridized carbons (Fsp3) is 0. The highest BCUT2D eigenvalue weighted by atomic mass is 28.3. The minimum atomic E-state index is 0.00922. The zero-order chi connectivity index (χ0) is 11.5. The van der Waals surface area contributed by atoms with Crippen LogP contribution in [0.15, 0.2) is 60.7 Å². The Morgan fingerprint density at radius 3 is 2.18 bits per heavy atom. The molecule has 1 aliphatic heterocycles. The van der Waals surface area contributed by atoms with Gasteiger partial charge in [-0.15, -0.1) is 0 Å². The first-order valence-electron chi connectivity index (χ1n) is 5.31. The number of hydrogen-bond donors (Lipinski definition) is 0. The standard InChI is InChI=1S/C13H10NO2Si/c1-3-7-11(8-4-1)13-14(16-17-15-13)12-9-5-2-6-10-12/h1-10H. The van der Waals surface area contributed by atoms with Crippen LogP contribution in [0.2, 0.25) is 0 Å². The summed E-state index contributed by atoms with van der Waals surface area (Å²) >= 11 is 0. The SMILES string of the molecule is c1ccc(C2=[N+](c3ccccc3)O[Si-]O2)cc1. The minimum absolute atomic E-state index is 0.00922. The largest absolute Gasteiger partial charge is 0.638 e. The van der Waals surface area contributed by atoms with Crippen molar-refractivity contribution in [3.63, 3.8) is 0 Å². The van der Waals surface area contributed by atoms with Gasteiger partial charge in [0, 0.05) is 16.9 Å². The van der Waals surface area contributed by atoms with E-state index in [1.807, 2.05) is 60.7 Å². The molecule has 17 heavy (non-hydrogen) atoms. The highest BCUT2D eigenvalue weighted by Gasteiger charge is 2.23. The van der Waals surface area contributed by atoms with Crippen LogP contribution in [0.3, 0.4) is 0 Å². The van der Waals surface area contributed by atoms with E-state index in [1.54, 1.807) is 4.74 Å². The Bertz CT molecular complexity index is 490. The van der Waals surface area contributed by atoms with Crippen LogP contribution in [0.25, 0.3) is 0 Å². The molecule has 1 aliphatic rings. The second kappa shape index (κ2) is 4.43. The number of nitrogens with zero attached hydrogens (tertiary/aromatic N) is 1. The minimum Gasteiger partial charge on any atom is -0.638 e. The monoisotopic (exact) mass is 240 g/mol. The first kappa shape index (κ1) is 10.1. The van der Waals surface area contributed by atoms with Gasteiger partial charge < -0.3 is 8.95 Å². The lowest BCUT2D eigenvalue weighted by molar-refractivity contribution is -0.680. The molecule has 0 saturated heterocycles. The molecule has 4 heteroatoms. The fourth-order valence-electron chi connectivity index (χ4n) is 1.67. The molecule has 0 atom stereocenters. The van der Waals surface area contributed by atoms with E-state index in [0.29, 0.717) is 0 Å². The molecule has 0 bridgehead atoms. The van der Waals surface area contributed by atoms with Gasteiger partial charge in [-0.25, -0.2) is 0 Å². The molecule has 0 amide bonds. The van der Waals surface area contributed by atoms with Crippen LogP contribution in [0.1, 0.15) is 5.56 Å². The molecule has 0 spiro atoms. The number of para-hydroxylation sites is 1. The maximum Gasteiger partial charge on any atom is 0.376 e. The quantitative estimate of drug-likeness (QED) is 0.593. The Kier molecular flexibility index (Phi) is 2.63. The molecule has 0 saturated carbocycles. The van der Waals surface area contributed by atoms with Crippen LogP contribution in [0, 0.1) is 0 Å². The van der Waals surface area contributed by atoms with Crippen molar-refractivity contribution < 1.29 is 13.7 Å². The van der Waals surface area contributed by atoms with Crippen LogP contribution >= 0.6 is 0 Å². The molecular formula is C13H10NO2Si. The van der Waals surface area contributed by atoms with Crippen molar-refractivity contribution in [1.82, 2.24) is 0 Å². The van der Waals surface area contributed by atoms with Gasteiger partial charge in [0.2, 0.25) is 0 Å². The Hall–Kier alpha value is -2.07. The van der Waals surface area contributed by atoms with E-state index in [1.165, 1.54) is 0 Å². The van der Waals surface area contributed by atoms with E-state index < -0.39 is 0 Å². The van der Waals surface area contributed by atoms with Gasteiger partial charge in [-0.2, -0.15) is 0 Å². The molecular weight excluding hydrogens is 230 g/mol. The van der Waals surface area contributed by atoms with Gasteiger partial charge in [-0.05, 0) is 12.1 Å². The highest BCUT2D eigenvalue weighted by Crippen LogP contribution is 2.17. The third kappa shape index (κ3) is 1.94. The maximum absolute atomic E-state index is 5.55. The first-order valence-corrected chi connectivity index (χ1v) is 6.13. The van der Waals surface area contributed by atoms with Gasteiger partial charge in [-0.1, -0.05) is 36.4 Å². The van der Waals surface area contributed by atoms with Crippen molar-refractivity contribution in [2.45, 2.75) is 0 Å². The second-order valence-electron chi connectivity index (χ2n) is 3.58. The van der Waals surface area contributed by atoms with Crippen molar-refractivity contribution in [1.29, 1.82) is 0 Å². The van der Waals surface area contributed by atoms with E-state index >= 15 is 0 Å². The molecule has 83 valence electrons. The number of benzene rings is 2. The van der Waals surface area contributed by atoms with Crippen LogP contribution in [0.4, 0.5) is 5.69 Å². The van der Waals surface area contributed by atoms with Gasteiger partial charge in [0.05, 0.1) is 5.56 Å². The molecule has 0 aliphatic carbocycles. The summed E-state index contributed by atoms with van der Waals surface area (Å²) in [5, 5.41) is 0. The van der Waals surface area contributed by atoms with Crippen molar-refractivity contribution in [3.8, 4) is 0 Å². The lowest BCUT2D eigenvalue weighted by Crippen LogP contribution is -2.10. The van der Waals surface area contributed by atoms with E-state index in [0.717, 1.165) is 17.1 Å². The second-order valence-corrected chi connectivity index (χ2v) is 4.13. The van der Waals surface area contributed by atoms with Gasteiger partial charge >= 0.3 is 5.90 Å². The zero-order valence-corrected chi connectivity index (χ0v) is 10.0. The number of rotatable bonds is 2. The lowest BCUT2D eigenvalue weighted by atomic mass is 10.2. The summed E-state index contributed by atoms with van der Waals surface area (Å²) in [6.07, 6.45) is 0. The Morgan fingerprint density at radius 2 is 1.47 bits per heavy atom. The zero-order valence-electron chi connectivity index (χ0n) is 9.04. The van der Waals surface area contributed by atoms with E-state index in [9.17, 15) is 0 Å². The Morgan fingerprint density at radius 1 is 0.824 bits per heavy atom. The summed E-state index contributed by atoms with van der Waals surface area (Å²) in [7, 11) is 0.00922. The summed E-state index contributed by atoms with van der Waals surface area (Å²) in [4.78, 5) is 0. The highest BCUT2D eigenvalue weighted by molar-refractivity contribution is 6.25. The Balaban J connectivity index is 2.08. The molecule has 2 aromatic carbocycles. The van der Waals surface area contributed by atoms with E-state index in [-0.39, 0.29) is 10.0 Å². The van der Waals surface area contributed by atoms with Crippen LogP contribution < -0.4 is 0 Å². The van der Waals surface area contributed by atoms with E-state index in [2.05, 4.69) is 0 Å². The average molecular weight is 240 g/mol. The van der Waals surface area contributed by atoms with Crippen LogP contribution in [-0.2, 0) is 8.95 Å². The first-order chi connectivity index (χ1) is 8.45. The molecule has 3 nitrogen and oxygen atoms in total.